The van der Waals surface area contributed by atoms with E-state index in [2.05, 4.69) is 15.3 Å². The fourth-order valence-electron chi connectivity index (χ4n) is 1.33. The molecule has 0 atom stereocenters. The number of benzene rings is 1. The summed E-state index contributed by atoms with van der Waals surface area (Å²) in [5.41, 5.74) is 0.790. The summed E-state index contributed by atoms with van der Waals surface area (Å²) in [5.74, 6) is 0.763. The Hall–Kier alpha value is -1.53. The van der Waals surface area contributed by atoms with Crippen molar-refractivity contribution in [2.45, 2.75) is 12.1 Å². The number of hydrogen-bond acceptors (Lipinski definition) is 5. The van der Waals surface area contributed by atoms with Crippen LogP contribution in [0.2, 0.25) is 5.02 Å². The van der Waals surface area contributed by atoms with E-state index in [9.17, 15) is 5.11 Å². The highest BCUT2D eigenvalue weighted by Crippen LogP contribution is 2.23. The molecule has 0 aliphatic heterocycles. The Bertz CT molecular complexity index is 597. The zero-order valence-corrected chi connectivity index (χ0v) is 11.4. The number of halogens is 1. The Morgan fingerprint density at radius 1 is 1.44 bits per heavy atom. The van der Waals surface area contributed by atoms with Crippen molar-refractivity contribution >= 4 is 29.6 Å². The lowest BCUT2D eigenvalue weighted by Gasteiger charge is -2.00. The molecule has 7 heteroatoms. The second-order valence-corrected chi connectivity index (χ2v) is 4.68. The minimum absolute atomic E-state index is 0.0547. The molecule has 0 spiro atoms. The molecule has 0 amide bonds. The van der Waals surface area contributed by atoms with Crippen molar-refractivity contribution in [3.05, 3.63) is 34.6 Å². The number of aryl methyl sites for hydroxylation is 1. The third-order valence-corrected chi connectivity index (χ3v) is 3.17. The van der Waals surface area contributed by atoms with Gasteiger partial charge in [-0.25, -0.2) is 0 Å². The highest BCUT2D eigenvalue weighted by molar-refractivity contribution is 7.98. The van der Waals surface area contributed by atoms with E-state index in [1.54, 1.807) is 23.0 Å². The monoisotopic (exact) mass is 282 g/mol. The van der Waals surface area contributed by atoms with E-state index in [0.29, 0.717) is 16.0 Å². The summed E-state index contributed by atoms with van der Waals surface area (Å²) in [6, 6.07) is 4.89. The third-order valence-electron chi connectivity index (χ3n) is 2.24. The molecule has 1 heterocycles. The Kier molecular flexibility index (Phi) is 3.88. The summed E-state index contributed by atoms with van der Waals surface area (Å²) in [4.78, 5) is 0. The number of aromatic nitrogens is 3. The Morgan fingerprint density at radius 2 is 2.22 bits per heavy atom. The molecule has 2 rings (SSSR count). The van der Waals surface area contributed by atoms with Crippen molar-refractivity contribution in [3.8, 4) is 5.75 Å². The minimum Gasteiger partial charge on any atom is -0.506 e. The van der Waals surface area contributed by atoms with Crippen molar-refractivity contribution in [1.82, 2.24) is 14.9 Å². The van der Waals surface area contributed by atoms with Crippen LogP contribution in [0.15, 0.2) is 28.5 Å². The number of hydrogen-bond donors (Lipinski definition) is 1. The minimum atomic E-state index is 0.0547. The molecule has 1 N–H and O–H groups in total. The van der Waals surface area contributed by atoms with Crippen LogP contribution in [0.1, 0.15) is 11.4 Å². The smallest absolute Gasteiger partial charge is 0.211 e. The van der Waals surface area contributed by atoms with E-state index in [4.69, 9.17) is 11.6 Å². The van der Waals surface area contributed by atoms with Crippen LogP contribution in [0.25, 0.3) is 0 Å². The number of nitrogens with zero attached hydrogens (tertiary/aromatic N) is 4. The molecule has 0 saturated carbocycles. The maximum atomic E-state index is 9.32. The van der Waals surface area contributed by atoms with E-state index in [-0.39, 0.29) is 5.75 Å². The zero-order chi connectivity index (χ0) is 13.1. The lowest BCUT2D eigenvalue weighted by molar-refractivity contribution is 0.475. The second-order valence-electron chi connectivity index (χ2n) is 3.50. The number of thioether (sulfide) groups is 1. The molecule has 0 radical (unpaired) electrons. The van der Waals surface area contributed by atoms with Gasteiger partial charge in [0, 0.05) is 0 Å². The zero-order valence-electron chi connectivity index (χ0n) is 9.83. The van der Waals surface area contributed by atoms with E-state index >= 15 is 0 Å². The van der Waals surface area contributed by atoms with Crippen molar-refractivity contribution in [2.24, 2.45) is 5.10 Å². The largest absolute Gasteiger partial charge is 0.506 e. The summed E-state index contributed by atoms with van der Waals surface area (Å²) in [7, 11) is 0. The quantitative estimate of drug-likeness (QED) is 0.694. The van der Waals surface area contributed by atoms with Gasteiger partial charge < -0.3 is 5.11 Å². The highest BCUT2D eigenvalue weighted by Gasteiger charge is 2.05. The van der Waals surface area contributed by atoms with Gasteiger partial charge in [0.15, 0.2) is 5.82 Å². The van der Waals surface area contributed by atoms with Crippen LogP contribution in [0, 0.1) is 6.92 Å². The average Bonchev–Trinajstić information content (AvgIpc) is 2.71. The van der Waals surface area contributed by atoms with E-state index in [1.807, 2.05) is 13.2 Å². The number of rotatable bonds is 3. The number of aromatic hydroxyl groups is 1. The van der Waals surface area contributed by atoms with Gasteiger partial charge >= 0.3 is 0 Å². The van der Waals surface area contributed by atoms with Gasteiger partial charge in [-0.15, -0.1) is 10.2 Å². The van der Waals surface area contributed by atoms with Gasteiger partial charge in [0.25, 0.3) is 0 Å². The van der Waals surface area contributed by atoms with Crippen LogP contribution in [0.3, 0.4) is 0 Å². The fraction of sp³-hybridized carbons (Fsp3) is 0.182. The van der Waals surface area contributed by atoms with Crippen LogP contribution >= 0.6 is 23.4 Å². The van der Waals surface area contributed by atoms with Gasteiger partial charge in [-0.05, 0) is 36.9 Å². The first-order valence-electron chi connectivity index (χ1n) is 5.10. The molecule has 2 aromatic rings. The first-order valence-corrected chi connectivity index (χ1v) is 6.71. The third kappa shape index (κ3) is 2.65. The molecular weight excluding hydrogens is 272 g/mol. The summed E-state index contributed by atoms with van der Waals surface area (Å²) in [6.07, 6.45) is 3.55. The van der Waals surface area contributed by atoms with Crippen molar-refractivity contribution in [3.63, 3.8) is 0 Å². The summed E-state index contributed by atoms with van der Waals surface area (Å²) in [6.45, 7) is 1.83. The summed E-state index contributed by atoms with van der Waals surface area (Å²) < 4.78 is 1.64. The van der Waals surface area contributed by atoms with Crippen molar-refractivity contribution in [1.29, 1.82) is 0 Å². The Labute approximate surface area is 113 Å². The van der Waals surface area contributed by atoms with E-state index < -0.39 is 0 Å². The van der Waals surface area contributed by atoms with Crippen LogP contribution in [-0.4, -0.2) is 32.5 Å². The molecule has 0 fully saturated rings. The van der Waals surface area contributed by atoms with Crippen LogP contribution < -0.4 is 0 Å². The van der Waals surface area contributed by atoms with E-state index in [1.165, 1.54) is 17.8 Å². The van der Waals surface area contributed by atoms with Crippen LogP contribution in [-0.2, 0) is 0 Å². The molecule has 1 aromatic heterocycles. The molecule has 94 valence electrons. The molecule has 0 bridgehead atoms. The lowest BCUT2D eigenvalue weighted by atomic mass is 10.2. The fourth-order valence-corrected chi connectivity index (χ4v) is 1.99. The molecule has 0 aliphatic carbocycles. The normalized spacial score (nSPS) is 11.3. The van der Waals surface area contributed by atoms with E-state index in [0.717, 1.165) is 5.56 Å². The molecule has 18 heavy (non-hydrogen) atoms. The first kappa shape index (κ1) is 12.9. The molecule has 5 nitrogen and oxygen atoms in total. The molecule has 0 aliphatic rings. The average molecular weight is 283 g/mol. The Morgan fingerprint density at radius 3 is 2.89 bits per heavy atom. The van der Waals surface area contributed by atoms with Gasteiger partial charge in [-0.2, -0.15) is 9.78 Å². The SMILES string of the molecule is CSc1nnc(C)n1/N=C\c1ccc(O)c(Cl)c1. The number of phenolic OH excluding ortho intramolecular Hbond substituents is 1. The predicted octanol–water partition coefficient (Wildman–Crippen LogP) is 2.55. The second kappa shape index (κ2) is 5.41. The van der Waals surface area contributed by atoms with Gasteiger partial charge in [0.05, 0.1) is 11.2 Å². The standard InChI is InChI=1S/C11H11ClN4OS/c1-7-14-15-11(18-2)16(7)13-6-8-3-4-10(17)9(12)5-8/h3-6,17H,1-2H3/b13-6-. The van der Waals surface area contributed by atoms with Gasteiger partial charge in [0.1, 0.15) is 5.75 Å². The molecule has 1 aromatic carbocycles. The number of phenols is 1. The predicted molar refractivity (Wildman–Crippen MR) is 72.6 cm³/mol. The Balaban J connectivity index is 2.29. The van der Waals surface area contributed by atoms with Crippen molar-refractivity contribution < 1.29 is 5.11 Å². The van der Waals surface area contributed by atoms with Crippen molar-refractivity contribution in [2.75, 3.05) is 6.26 Å². The summed E-state index contributed by atoms with van der Waals surface area (Å²) in [5, 5.41) is 22.5. The van der Waals surface area contributed by atoms with Crippen LogP contribution in [0.5, 0.6) is 5.75 Å². The highest BCUT2D eigenvalue weighted by atomic mass is 35.5. The molecule has 0 unspecified atom stereocenters. The van der Waals surface area contributed by atoms with Gasteiger partial charge in [-0.3, -0.25) is 0 Å². The van der Waals surface area contributed by atoms with Crippen LogP contribution in [0.4, 0.5) is 0 Å². The topological polar surface area (TPSA) is 63.3 Å². The first-order chi connectivity index (χ1) is 8.61. The maximum Gasteiger partial charge on any atom is 0.211 e. The van der Waals surface area contributed by atoms with Gasteiger partial charge in [-0.1, -0.05) is 23.4 Å². The maximum absolute atomic E-state index is 9.32. The summed E-state index contributed by atoms with van der Waals surface area (Å²) >= 11 is 7.28. The molecular formula is C11H11ClN4OS. The molecule has 0 saturated heterocycles. The lowest BCUT2D eigenvalue weighted by Crippen LogP contribution is -1.95. The van der Waals surface area contributed by atoms with Gasteiger partial charge in [0.2, 0.25) is 5.16 Å².